The Bertz CT molecular complexity index is 432. The van der Waals surface area contributed by atoms with Crippen molar-refractivity contribution in [3.05, 3.63) is 29.3 Å². The van der Waals surface area contributed by atoms with Gasteiger partial charge in [0, 0.05) is 16.9 Å². The van der Waals surface area contributed by atoms with Gasteiger partial charge >= 0.3 is 0 Å². The molecule has 0 aliphatic heterocycles. The third kappa shape index (κ3) is 5.03. The van der Waals surface area contributed by atoms with Gasteiger partial charge in [0.1, 0.15) is 5.75 Å². The number of benzene rings is 1. The number of nitrogens with two attached hydrogens (primary N) is 1. The molecule has 0 spiro atoms. The maximum atomic E-state index is 5.38. The molecule has 1 aromatic carbocycles. The number of thioether (sulfide) groups is 1. The summed E-state index contributed by atoms with van der Waals surface area (Å²) in [7, 11) is 1.71. The molecule has 1 rings (SSSR count). The van der Waals surface area contributed by atoms with Crippen molar-refractivity contribution in [2.45, 2.75) is 19.6 Å². The zero-order valence-corrected chi connectivity index (χ0v) is 12.1. The van der Waals surface area contributed by atoms with Gasteiger partial charge in [0.15, 0.2) is 0 Å². The van der Waals surface area contributed by atoms with Crippen LogP contribution in [0.15, 0.2) is 18.2 Å². The lowest BCUT2D eigenvalue weighted by atomic mass is 10.1. The van der Waals surface area contributed by atoms with Crippen LogP contribution in [0.5, 0.6) is 5.75 Å². The van der Waals surface area contributed by atoms with Crippen molar-refractivity contribution < 1.29 is 4.74 Å². The average molecular weight is 263 g/mol. The second-order valence-corrected chi connectivity index (χ2v) is 5.47. The number of methoxy groups -OCH3 is 1. The first-order valence-electron chi connectivity index (χ1n) is 6.11. The molecule has 0 aliphatic rings. The van der Waals surface area contributed by atoms with Crippen LogP contribution in [0.3, 0.4) is 0 Å². The molecule has 0 saturated heterocycles. The van der Waals surface area contributed by atoms with Crippen molar-refractivity contribution in [3.63, 3.8) is 0 Å². The van der Waals surface area contributed by atoms with Gasteiger partial charge < -0.3 is 10.5 Å². The molecule has 0 saturated carbocycles. The normalized spacial score (nSPS) is 10.1. The molecule has 0 bridgehead atoms. The molecule has 0 aliphatic carbocycles. The fourth-order valence-electron chi connectivity index (χ4n) is 1.53. The van der Waals surface area contributed by atoms with E-state index in [-0.39, 0.29) is 0 Å². The predicted molar refractivity (Wildman–Crippen MR) is 79.9 cm³/mol. The number of hydrogen-bond acceptors (Lipinski definition) is 3. The molecule has 1 aromatic rings. The maximum absolute atomic E-state index is 5.38. The smallest absolute Gasteiger partial charge is 0.122 e. The summed E-state index contributed by atoms with van der Waals surface area (Å²) < 4.78 is 5.38. The summed E-state index contributed by atoms with van der Waals surface area (Å²) in [6, 6.07) is 6.04. The molecular weight excluding hydrogens is 242 g/mol. The Balaban J connectivity index is 2.78. The van der Waals surface area contributed by atoms with Crippen LogP contribution in [0, 0.1) is 17.8 Å². The van der Waals surface area contributed by atoms with Gasteiger partial charge in [-0.3, -0.25) is 0 Å². The molecule has 0 fully saturated rings. The van der Waals surface area contributed by atoms with E-state index in [1.54, 1.807) is 7.11 Å². The molecule has 3 heteroatoms. The largest absolute Gasteiger partial charge is 0.496 e. The van der Waals surface area contributed by atoms with E-state index in [2.05, 4.69) is 31.8 Å². The summed E-state index contributed by atoms with van der Waals surface area (Å²) in [6.45, 7) is 4.85. The lowest BCUT2D eigenvalue weighted by molar-refractivity contribution is 0.411. The van der Waals surface area contributed by atoms with Crippen LogP contribution in [0.25, 0.3) is 0 Å². The summed E-state index contributed by atoms with van der Waals surface area (Å²) in [6.07, 6.45) is 0. The highest BCUT2D eigenvalue weighted by atomic mass is 32.2. The fourth-order valence-corrected chi connectivity index (χ4v) is 2.56. The predicted octanol–water partition coefficient (Wildman–Crippen LogP) is 2.89. The van der Waals surface area contributed by atoms with Crippen molar-refractivity contribution in [2.75, 3.05) is 19.4 Å². The van der Waals surface area contributed by atoms with Gasteiger partial charge in [-0.05, 0) is 29.9 Å². The standard InChI is InChI=1S/C15H21NOS/c1-12(2)10-18-11-14-9-13(5-4-8-16)6-7-15(14)17-3/h6-7,9,12H,8,10-11,16H2,1-3H3. The first-order chi connectivity index (χ1) is 8.67. The zero-order chi connectivity index (χ0) is 13.4. The van der Waals surface area contributed by atoms with E-state index >= 15 is 0 Å². The van der Waals surface area contributed by atoms with Crippen molar-refractivity contribution in [1.29, 1.82) is 0 Å². The molecule has 98 valence electrons. The molecule has 0 heterocycles. The molecule has 0 amide bonds. The van der Waals surface area contributed by atoms with Gasteiger partial charge in [-0.15, -0.1) is 0 Å². The Kier molecular flexibility index (Phi) is 6.70. The van der Waals surface area contributed by atoms with Crippen LogP contribution < -0.4 is 10.5 Å². The number of ether oxygens (including phenoxy) is 1. The Hall–Kier alpha value is -1.11. The van der Waals surface area contributed by atoms with Gasteiger partial charge in [-0.25, -0.2) is 0 Å². The SMILES string of the molecule is COc1ccc(C#CCN)cc1CSCC(C)C. The third-order valence-corrected chi connectivity index (χ3v) is 3.74. The van der Waals surface area contributed by atoms with E-state index in [0.717, 1.165) is 22.8 Å². The summed E-state index contributed by atoms with van der Waals surface area (Å²) in [4.78, 5) is 0. The quantitative estimate of drug-likeness (QED) is 0.830. The Morgan fingerprint density at radius 3 is 2.78 bits per heavy atom. The Morgan fingerprint density at radius 1 is 1.39 bits per heavy atom. The topological polar surface area (TPSA) is 35.2 Å². The highest BCUT2D eigenvalue weighted by Crippen LogP contribution is 2.25. The fraction of sp³-hybridized carbons (Fsp3) is 0.467. The second kappa shape index (κ2) is 8.07. The van der Waals surface area contributed by atoms with Crippen molar-refractivity contribution >= 4 is 11.8 Å². The summed E-state index contributed by atoms with van der Waals surface area (Å²) in [5.41, 5.74) is 7.58. The van der Waals surface area contributed by atoms with E-state index in [1.807, 2.05) is 23.9 Å². The van der Waals surface area contributed by atoms with E-state index in [9.17, 15) is 0 Å². The van der Waals surface area contributed by atoms with E-state index < -0.39 is 0 Å². The maximum Gasteiger partial charge on any atom is 0.122 e. The van der Waals surface area contributed by atoms with Crippen molar-refractivity contribution in [1.82, 2.24) is 0 Å². The van der Waals surface area contributed by atoms with Crippen molar-refractivity contribution in [2.24, 2.45) is 11.7 Å². The van der Waals surface area contributed by atoms with E-state index in [4.69, 9.17) is 10.5 Å². The number of hydrogen-bond donors (Lipinski definition) is 1. The molecule has 0 atom stereocenters. The molecule has 0 aromatic heterocycles. The third-order valence-electron chi connectivity index (χ3n) is 2.32. The van der Waals surface area contributed by atoms with Gasteiger partial charge in [-0.1, -0.05) is 25.7 Å². The van der Waals surface area contributed by atoms with Gasteiger partial charge in [0.25, 0.3) is 0 Å². The molecule has 18 heavy (non-hydrogen) atoms. The van der Waals surface area contributed by atoms with Crippen LogP contribution in [0.1, 0.15) is 25.0 Å². The minimum absolute atomic E-state index is 0.392. The highest BCUT2D eigenvalue weighted by molar-refractivity contribution is 7.98. The Labute approximate surface area is 114 Å². The van der Waals surface area contributed by atoms with Gasteiger partial charge in [0.05, 0.1) is 13.7 Å². The molecule has 0 radical (unpaired) electrons. The van der Waals surface area contributed by atoms with Crippen LogP contribution in [0.2, 0.25) is 0 Å². The monoisotopic (exact) mass is 263 g/mol. The molecule has 2 nitrogen and oxygen atoms in total. The molecule has 2 N–H and O–H groups in total. The Morgan fingerprint density at radius 2 is 2.17 bits per heavy atom. The molecule has 0 unspecified atom stereocenters. The second-order valence-electron chi connectivity index (χ2n) is 4.44. The van der Waals surface area contributed by atoms with E-state index in [0.29, 0.717) is 12.5 Å². The lowest BCUT2D eigenvalue weighted by Gasteiger charge is -2.10. The highest BCUT2D eigenvalue weighted by Gasteiger charge is 2.04. The van der Waals surface area contributed by atoms with Crippen LogP contribution in [-0.4, -0.2) is 19.4 Å². The zero-order valence-electron chi connectivity index (χ0n) is 11.3. The average Bonchev–Trinajstić information content (AvgIpc) is 2.36. The molecular formula is C15H21NOS. The first-order valence-corrected chi connectivity index (χ1v) is 7.26. The van der Waals surface area contributed by atoms with Crippen LogP contribution in [-0.2, 0) is 5.75 Å². The number of rotatable bonds is 5. The van der Waals surface area contributed by atoms with Gasteiger partial charge in [0.2, 0.25) is 0 Å². The minimum atomic E-state index is 0.392. The van der Waals surface area contributed by atoms with E-state index in [1.165, 1.54) is 5.56 Å². The van der Waals surface area contributed by atoms with Gasteiger partial charge in [-0.2, -0.15) is 11.8 Å². The summed E-state index contributed by atoms with van der Waals surface area (Å²) in [5.74, 6) is 9.69. The minimum Gasteiger partial charge on any atom is -0.496 e. The summed E-state index contributed by atoms with van der Waals surface area (Å²) in [5, 5.41) is 0. The van der Waals surface area contributed by atoms with Crippen molar-refractivity contribution in [3.8, 4) is 17.6 Å². The lowest BCUT2D eigenvalue weighted by Crippen LogP contribution is -1.96. The van der Waals surface area contributed by atoms with Crippen LogP contribution in [0.4, 0.5) is 0 Å². The van der Waals surface area contributed by atoms with Crippen LogP contribution >= 0.6 is 11.8 Å². The first kappa shape index (κ1) is 14.9. The summed E-state index contributed by atoms with van der Waals surface area (Å²) >= 11 is 1.92.